The van der Waals surface area contributed by atoms with Crippen molar-refractivity contribution in [3.63, 3.8) is 0 Å². The highest BCUT2D eigenvalue weighted by Gasteiger charge is 2.10. The number of urea groups is 1. The predicted molar refractivity (Wildman–Crippen MR) is 69.2 cm³/mol. The first-order valence-corrected chi connectivity index (χ1v) is 6.60. The smallest absolute Gasteiger partial charge is 0.321 e. The van der Waals surface area contributed by atoms with E-state index < -0.39 is 6.03 Å². The lowest BCUT2D eigenvalue weighted by atomic mass is 10.3. The molecule has 7 heteroatoms. The van der Waals surface area contributed by atoms with Gasteiger partial charge in [0.1, 0.15) is 0 Å². The van der Waals surface area contributed by atoms with E-state index in [1.54, 1.807) is 18.5 Å². The van der Waals surface area contributed by atoms with E-state index in [-0.39, 0.29) is 17.7 Å². The Morgan fingerprint density at radius 2 is 2.06 bits per heavy atom. The van der Waals surface area contributed by atoms with E-state index in [0.717, 1.165) is 6.42 Å². The molecule has 0 fully saturated rings. The van der Waals surface area contributed by atoms with Gasteiger partial charge in [0.25, 0.3) is 0 Å². The van der Waals surface area contributed by atoms with Gasteiger partial charge in [-0.15, -0.1) is 0 Å². The molecule has 1 aromatic heterocycles. The number of rotatable bonds is 5. The zero-order valence-corrected chi connectivity index (χ0v) is 11.2. The molecule has 0 saturated heterocycles. The lowest BCUT2D eigenvalue weighted by molar-refractivity contribution is -0.117. The van der Waals surface area contributed by atoms with Gasteiger partial charge < -0.3 is 5.32 Å². The van der Waals surface area contributed by atoms with Gasteiger partial charge in [0.2, 0.25) is 5.91 Å². The van der Waals surface area contributed by atoms with Gasteiger partial charge in [0, 0.05) is 18.4 Å². The molecule has 0 spiro atoms. The van der Waals surface area contributed by atoms with Crippen LogP contribution in [0.15, 0.2) is 23.6 Å². The first-order valence-electron chi connectivity index (χ1n) is 5.62. The molecule has 0 unspecified atom stereocenters. The Morgan fingerprint density at radius 1 is 1.39 bits per heavy atom. The van der Waals surface area contributed by atoms with Crippen molar-refractivity contribution in [2.45, 2.75) is 31.5 Å². The minimum absolute atomic E-state index is 0.0444. The summed E-state index contributed by atoms with van der Waals surface area (Å²) in [6.45, 7) is 3.83. The van der Waals surface area contributed by atoms with Gasteiger partial charge in [-0.1, -0.05) is 18.7 Å². The third-order valence-corrected chi connectivity index (χ3v) is 2.99. The second-order valence-electron chi connectivity index (χ2n) is 3.65. The number of imide groups is 1. The van der Waals surface area contributed by atoms with Crippen LogP contribution in [0.4, 0.5) is 4.79 Å². The van der Waals surface area contributed by atoms with Gasteiger partial charge in [-0.3, -0.25) is 10.1 Å². The van der Waals surface area contributed by atoms with E-state index >= 15 is 0 Å². The van der Waals surface area contributed by atoms with Crippen molar-refractivity contribution < 1.29 is 9.59 Å². The number of nitrogens with zero attached hydrogens (tertiary/aromatic N) is 2. The van der Waals surface area contributed by atoms with Crippen LogP contribution in [-0.2, 0) is 4.79 Å². The molecule has 1 aromatic rings. The molecule has 0 aliphatic heterocycles. The largest absolute Gasteiger partial charge is 0.335 e. The average molecular weight is 268 g/mol. The maximum Gasteiger partial charge on any atom is 0.321 e. The molecular weight excluding hydrogens is 252 g/mol. The molecule has 0 radical (unpaired) electrons. The van der Waals surface area contributed by atoms with E-state index in [2.05, 4.69) is 20.6 Å². The monoisotopic (exact) mass is 268 g/mol. The normalized spacial score (nSPS) is 11.7. The van der Waals surface area contributed by atoms with Gasteiger partial charge in [0.15, 0.2) is 5.16 Å². The molecule has 98 valence electrons. The van der Waals surface area contributed by atoms with E-state index in [9.17, 15) is 9.59 Å². The van der Waals surface area contributed by atoms with Crippen LogP contribution in [0.5, 0.6) is 0 Å². The number of nitrogens with one attached hydrogen (secondary N) is 2. The fourth-order valence-electron chi connectivity index (χ4n) is 1.01. The van der Waals surface area contributed by atoms with Crippen LogP contribution in [0, 0.1) is 0 Å². The third-order valence-electron chi connectivity index (χ3n) is 2.12. The summed E-state index contributed by atoms with van der Waals surface area (Å²) in [4.78, 5) is 30.7. The Bertz CT molecular complexity index is 399. The molecule has 0 bridgehead atoms. The fraction of sp³-hybridized carbons (Fsp3) is 0.455. The maximum absolute atomic E-state index is 11.4. The van der Waals surface area contributed by atoms with Gasteiger partial charge in [-0.05, 0) is 19.4 Å². The summed E-state index contributed by atoms with van der Waals surface area (Å²) in [5.41, 5.74) is 0. The minimum atomic E-state index is -0.469. The van der Waals surface area contributed by atoms with Crippen molar-refractivity contribution in [2.75, 3.05) is 5.75 Å². The molecule has 0 aromatic carbocycles. The number of carbonyl (C=O) groups excluding carboxylic acids is 2. The zero-order chi connectivity index (χ0) is 13.4. The van der Waals surface area contributed by atoms with Crippen LogP contribution in [0.3, 0.4) is 0 Å². The van der Waals surface area contributed by atoms with Crippen LogP contribution in [0.1, 0.15) is 20.3 Å². The van der Waals surface area contributed by atoms with Crippen molar-refractivity contribution in [1.29, 1.82) is 0 Å². The fourth-order valence-corrected chi connectivity index (χ4v) is 1.62. The lowest BCUT2D eigenvalue weighted by Gasteiger charge is -2.11. The quantitative estimate of drug-likeness (QED) is 0.619. The summed E-state index contributed by atoms with van der Waals surface area (Å²) < 4.78 is 0. The van der Waals surface area contributed by atoms with Gasteiger partial charge in [-0.2, -0.15) is 0 Å². The Kier molecular flexibility index (Phi) is 6.13. The summed E-state index contributed by atoms with van der Waals surface area (Å²) in [5, 5.41) is 5.41. The zero-order valence-electron chi connectivity index (χ0n) is 10.3. The minimum Gasteiger partial charge on any atom is -0.335 e. The highest BCUT2D eigenvalue weighted by atomic mass is 32.2. The Morgan fingerprint density at radius 3 is 2.67 bits per heavy atom. The lowest BCUT2D eigenvalue weighted by Crippen LogP contribution is -2.43. The Labute approximate surface area is 110 Å². The molecule has 0 aliphatic rings. The molecule has 2 N–H and O–H groups in total. The molecule has 1 atom stereocenters. The standard InChI is InChI=1S/C11H16N4O2S/c1-3-8(2)14-10(17)15-9(16)7-18-11-12-5-4-6-13-11/h4-6,8H,3,7H2,1-2H3,(H2,14,15,16,17)/t8-/m1/s1. The molecule has 6 nitrogen and oxygen atoms in total. The van der Waals surface area contributed by atoms with E-state index in [1.165, 1.54) is 11.8 Å². The molecule has 0 aliphatic carbocycles. The average Bonchev–Trinajstić information content (AvgIpc) is 2.37. The van der Waals surface area contributed by atoms with Crippen molar-refractivity contribution >= 4 is 23.7 Å². The second kappa shape index (κ2) is 7.65. The number of hydrogen-bond donors (Lipinski definition) is 2. The molecular formula is C11H16N4O2S. The second-order valence-corrected chi connectivity index (χ2v) is 4.59. The predicted octanol–water partition coefficient (Wildman–Crippen LogP) is 1.19. The topological polar surface area (TPSA) is 84.0 Å². The number of carbonyl (C=O) groups is 2. The van der Waals surface area contributed by atoms with Crippen LogP contribution < -0.4 is 10.6 Å². The van der Waals surface area contributed by atoms with Gasteiger partial charge in [0.05, 0.1) is 5.75 Å². The SMILES string of the molecule is CC[C@@H](C)NC(=O)NC(=O)CSc1ncccn1. The van der Waals surface area contributed by atoms with Gasteiger partial charge in [-0.25, -0.2) is 14.8 Å². The highest BCUT2D eigenvalue weighted by Crippen LogP contribution is 2.09. The molecule has 1 rings (SSSR count). The van der Waals surface area contributed by atoms with E-state index in [4.69, 9.17) is 0 Å². The highest BCUT2D eigenvalue weighted by molar-refractivity contribution is 7.99. The van der Waals surface area contributed by atoms with Crippen LogP contribution in [0.2, 0.25) is 0 Å². The van der Waals surface area contributed by atoms with Gasteiger partial charge >= 0.3 is 6.03 Å². The Balaban J connectivity index is 2.27. The molecule has 0 saturated carbocycles. The van der Waals surface area contributed by atoms with Crippen LogP contribution in [0.25, 0.3) is 0 Å². The number of amides is 3. The molecule has 1 heterocycles. The summed E-state index contributed by atoms with van der Waals surface area (Å²) in [7, 11) is 0. The van der Waals surface area contributed by atoms with Crippen LogP contribution in [-0.4, -0.2) is 33.7 Å². The van der Waals surface area contributed by atoms with E-state index in [1.807, 2.05) is 13.8 Å². The maximum atomic E-state index is 11.4. The first kappa shape index (κ1) is 14.4. The third kappa shape index (κ3) is 5.62. The summed E-state index contributed by atoms with van der Waals surface area (Å²) in [6.07, 6.45) is 4.01. The van der Waals surface area contributed by atoms with Crippen molar-refractivity contribution in [3.05, 3.63) is 18.5 Å². The molecule has 3 amide bonds. The summed E-state index contributed by atoms with van der Waals surface area (Å²) in [5.74, 6) is -0.258. The van der Waals surface area contributed by atoms with Crippen molar-refractivity contribution in [2.24, 2.45) is 0 Å². The molecule has 18 heavy (non-hydrogen) atoms. The number of hydrogen-bond acceptors (Lipinski definition) is 5. The summed E-state index contributed by atoms with van der Waals surface area (Å²) >= 11 is 1.18. The number of thioether (sulfide) groups is 1. The van der Waals surface area contributed by atoms with Crippen LogP contribution >= 0.6 is 11.8 Å². The van der Waals surface area contributed by atoms with Crippen molar-refractivity contribution in [3.8, 4) is 0 Å². The Hall–Kier alpha value is -1.63. The number of aromatic nitrogens is 2. The summed E-state index contributed by atoms with van der Waals surface area (Å²) in [6, 6.07) is 1.27. The first-order chi connectivity index (χ1) is 8.61. The van der Waals surface area contributed by atoms with E-state index in [0.29, 0.717) is 5.16 Å². The van der Waals surface area contributed by atoms with Crippen molar-refractivity contribution in [1.82, 2.24) is 20.6 Å².